The van der Waals surface area contributed by atoms with Gasteiger partial charge in [0.25, 0.3) is 0 Å². The first kappa shape index (κ1) is 22.5. The molecule has 2 N–H and O–H groups in total. The highest BCUT2D eigenvalue weighted by Crippen LogP contribution is 2.38. The molecular formula is C21H31ClN2O4. The van der Waals surface area contributed by atoms with Crippen LogP contribution in [-0.4, -0.2) is 40.0 Å². The van der Waals surface area contributed by atoms with E-state index in [0.717, 1.165) is 35.6 Å². The Morgan fingerprint density at radius 2 is 1.96 bits per heavy atom. The van der Waals surface area contributed by atoms with E-state index in [0.29, 0.717) is 12.8 Å². The molecule has 3 amide bonds. The zero-order chi connectivity index (χ0) is 20.8. The van der Waals surface area contributed by atoms with E-state index < -0.39 is 29.9 Å². The van der Waals surface area contributed by atoms with Gasteiger partial charge < -0.3 is 10.4 Å². The summed E-state index contributed by atoms with van der Waals surface area (Å²) in [6, 6.07) is -1.73. The predicted molar refractivity (Wildman–Crippen MR) is 109 cm³/mol. The van der Waals surface area contributed by atoms with Crippen LogP contribution in [0.1, 0.15) is 59.3 Å². The van der Waals surface area contributed by atoms with Gasteiger partial charge in [0.2, 0.25) is 5.91 Å². The Balaban J connectivity index is 2.03. The van der Waals surface area contributed by atoms with E-state index in [1.807, 2.05) is 39.0 Å². The van der Waals surface area contributed by atoms with E-state index in [1.54, 1.807) is 0 Å². The average Bonchev–Trinajstić information content (AvgIpc) is 2.59. The molecular weight excluding hydrogens is 380 g/mol. The fraction of sp³-hybridized carbons (Fsp3) is 0.667. The van der Waals surface area contributed by atoms with Gasteiger partial charge in [0, 0.05) is 11.1 Å². The molecule has 2 rings (SSSR count). The first-order valence-electron chi connectivity index (χ1n) is 10.2. The highest BCUT2D eigenvalue weighted by Gasteiger charge is 2.57. The fourth-order valence-electron chi connectivity index (χ4n) is 4.28. The summed E-state index contributed by atoms with van der Waals surface area (Å²) in [7, 11) is 0. The maximum atomic E-state index is 12.7. The van der Waals surface area contributed by atoms with E-state index in [2.05, 4.69) is 5.32 Å². The van der Waals surface area contributed by atoms with E-state index in [9.17, 15) is 19.5 Å². The Kier molecular flexibility index (Phi) is 8.10. The lowest BCUT2D eigenvalue weighted by Crippen LogP contribution is -2.70. The number of rotatable bonds is 9. The van der Waals surface area contributed by atoms with E-state index in [1.165, 1.54) is 0 Å². The summed E-state index contributed by atoms with van der Waals surface area (Å²) in [6.07, 6.45) is 10.5. The minimum absolute atomic E-state index is 0.0393. The molecule has 1 fully saturated rings. The molecule has 1 unspecified atom stereocenters. The Labute approximate surface area is 172 Å². The van der Waals surface area contributed by atoms with E-state index in [4.69, 9.17) is 11.6 Å². The number of carbonyl (C=O) groups is 3. The van der Waals surface area contributed by atoms with Crippen molar-refractivity contribution < 1.29 is 19.5 Å². The van der Waals surface area contributed by atoms with Crippen LogP contribution in [0.25, 0.3) is 0 Å². The molecule has 0 spiro atoms. The number of nitrogens with zero attached hydrogens (tertiary/aromatic N) is 1. The summed E-state index contributed by atoms with van der Waals surface area (Å²) >= 11 is 6.08. The topological polar surface area (TPSA) is 86.7 Å². The zero-order valence-corrected chi connectivity index (χ0v) is 17.6. The van der Waals surface area contributed by atoms with Crippen LogP contribution in [0.2, 0.25) is 0 Å². The molecule has 156 valence electrons. The average molecular weight is 411 g/mol. The summed E-state index contributed by atoms with van der Waals surface area (Å²) in [4.78, 5) is 38.0. The maximum absolute atomic E-state index is 12.7. The Hall–Kier alpha value is -1.82. The third kappa shape index (κ3) is 5.16. The number of aliphatic carboxylic acids is 1. The van der Waals surface area contributed by atoms with Gasteiger partial charge in [0.1, 0.15) is 0 Å². The van der Waals surface area contributed by atoms with Gasteiger partial charge in [-0.3, -0.25) is 4.79 Å². The number of hydrogen-bond acceptors (Lipinski definition) is 3. The monoisotopic (exact) mass is 410 g/mol. The summed E-state index contributed by atoms with van der Waals surface area (Å²) in [5, 5.41) is 13.3. The summed E-state index contributed by atoms with van der Waals surface area (Å²) in [5.41, 5.74) is 0. The largest absolute Gasteiger partial charge is 0.480 e. The third-order valence-corrected chi connectivity index (χ3v) is 5.90. The second-order valence-electron chi connectivity index (χ2n) is 7.92. The number of imide groups is 1. The van der Waals surface area contributed by atoms with Crippen LogP contribution in [0.4, 0.5) is 4.79 Å². The molecule has 1 heterocycles. The van der Waals surface area contributed by atoms with Gasteiger partial charge in [0.15, 0.2) is 6.04 Å². The molecule has 4 atom stereocenters. The van der Waals surface area contributed by atoms with Crippen molar-refractivity contribution >= 4 is 29.5 Å². The SMILES string of the molecule is CCCC(CCC)NC(=O)N1C(=O)[C@H]([C@@H](C)CC2C=CC=C(Cl)C2)[C@H]1C(=O)O. The Morgan fingerprint density at radius 1 is 1.32 bits per heavy atom. The first-order valence-corrected chi connectivity index (χ1v) is 10.6. The number of carbonyl (C=O) groups excluding carboxylic acids is 2. The molecule has 0 aromatic carbocycles. The predicted octanol–water partition coefficient (Wildman–Crippen LogP) is 4.30. The smallest absolute Gasteiger partial charge is 0.327 e. The molecule has 7 heteroatoms. The van der Waals surface area contributed by atoms with Crippen molar-refractivity contribution in [2.75, 3.05) is 0 Å². The van der Waals surface area contributed by atoms with Crippen LogP contribution in [0.15, 0.2) is 23.3 Å². The molecule has 0 aromatic heterocycles. The second kappa shape index (κ2) is 10.1. The van der Waals surface area contributed by atoms with Crippen LogP contribution in [0, 0.1) is 17.8 Å². The quantitative estimate of drug-likeness (QED) is 0.555. The molecule has 2 aliphatic rings. The van der Waals surface area contributed by atoms with Gasteiger partial charge in [-0.1, -0.05) is 57.4 Å². The van der Waals surface area contributed by atoms with E-state index >= 15 is 0 Å². The van der Waals surface area contributed by atoms with Crippen molar-refractivity contribution in [2.45, 2.75) is 71.4 Å². The molecule has 0 aromatic rings. The van der Waals surface area contributed by atoms with Crippen LogP contribution in [-0.2, 0) is 9.59 Å². The van der Waals surface area contributed by atoms with Gasteiger partial charge in [-0.15, -0.1) is 0 Å². The van der Waals surface area contributed by atoms with Gasteiger partial charge in [-0.2, -0.15) is 0 Å². The number of amides is 3. The highest BCUT2D eigenvalue weighted by molar-refractivity contribution is 6.29. The number of carboxylic acid groups (broad SMARTS) is 1. The van der Waals surface area contributed by atoms with Crippen molar-refractivity contribution in [2.24, 2.45) is 17.8 Å². The molecule has 1 aliphatic carbocycles. The van der Waals surface area contributed by atoms with Gasteiger partial charge in [-0.25, -0.2) is 14.5 Å². The maximum Gasteiger partial charge on any atom is 0.327 e. The molecule has 1 aliphatic heterocycles. The van der Waals surface area contributed by atoms with Gasteiger partial charge in [0.05, 0.1) is 5.92 Å². The number of carboxylic acids is 1. The highest BCUT2D eigenvalue weighted by atomic mass is 35.5. The third-order valence-electron chi connectivity index (χ3n) is 5.62. The lowest BCUT2D eigenvalue weighted by molar-refractivity contribution is -0.169. The van der Waals surface area contributed by atoms with Crippen molar-refractivity contribution in [1.29, 1.82) is 0 Å². The number of likely N-dealkylation sites (tertiary alicyclic amines) is 1. The number of allylic oxidation sites excluding steroid dienone is 4. The second-order valence-corrected chi connectivity index (χ2v) is 8.40. The van der Waals surface area contributed by atoms with Crippen LogP contribution in [0.5, 0.6) is 0 Å². The summed E-state index contributed by atoms with van der Waals surface area (Å²) in [5.74, 6) is -2.19. The lowest BCUT2D eigenvalue weighted by atomic mass is 9.74. The fourth-order valence-corrected chi connectivity index (χ4v) is 4.55. The normalized spacial score (nSPS) is 25.3. The van der Waals surface area contributed by atoms with Gasteiger partial charge >= 0.3 is 12.0 Å². The van der Waals surface area contributed by atoms with Crippen LogP contribution >= 0.6 is 11.6 Å². The van der Waals surface area contributed by atoms with Crippen molar-refractivity contribution in [1.82, 2.24) is 10.2 Å². The zero-order valence-electron chi connectivity index (χ0n) is 16.9. The standard InChI is InChI=1S/C21H31ClN2O4/c1-4-7-16(8-5-2)23-21(28)24-18(20(26)27)17(19(24)25)13(3)11-14-9-6-10-15(22)12-14/h6,9-10,13-14,16-18H,4-5,7-8,11-12H2,1-3H3,(H,23,28)(H,26,27)/t13-,14?,17+,18-/m0/s1. The molecule has 28 heavy (non-hydrogen) atoms. The molecule has 0 saturated carbocycles. The van der Waals surface area contributed by atoms with Gasteiger partial charge in [-0.05, 0) is 43.6 Å². The van der Waals surface area contributed by atoms with Crippen LogP contribution in [0.3, 0.4) is 0 Å². The van der Waals surface area contributed by atoms with Crippen LogP contribution < -0.4 is 5.32 Å². The summed E-state index contributed by atoms with van der Waals surface area (Å²) in [6.45, 7) is 5.94. The Bertz CT molecular complexity index is 655. The molecule has 1 saturated heterocycles. The number of hydrogen-bond donors (Lipinski definition) is 2. The number of β-lactam (4-membered cyclic amide) rings is 1. The molecule has 0 bridgehead atoms. The first-order chi connectivity index (χ1) is 13.3. The minimum Gasteiger partial charge on any atom is -0.480 e. The molecule has 6 nitrogen and oxygen atoms in total. The van der Waals surface area contributed by atoms with Crippen molar-refractivity contribution in [3.05, 3.63) is 23.3 Å². The number of nitrogens with one attached hydrogen (secondary N) is 1. The number of urea groups is 1. The van der Waals surface area contributed by atoms with Crippen molar-refractivity contribution in [3.63, 3.8) is 0 Å². The van der Waals surface area contributed by atoms with E-state index in [-0.39, 0.29) is 17.9 Å². The summed E-state index contributed by atoms with van der Waals surface area (Å²) < 4.78 is 0. The Morgan fingerprint density at radius 3 is 2.50 bits per heavy atom. The van der Waals surface area contributed by atoms with Crippen molar-refractivity contribution in [3.8, 4) is 0 Å². The lowest BCUT2D eigenvalue weighted by Gasteiger charge is -2.46. The number of halogens is 1. The molecule has 0 radical (unpaired) electrons. The minimum atomic E-state index is -1.13.